The van der Waals surface area contributed by atoms with Crippen molar-refractivity contribution in [2.75, 3.05) is 43.4 Å². The van der Waals surface area contributed by atoms with Crippen molar-refractivity contribution >= 4 is 45.5 Å². The van der Waals surface area contributed by atoms with Crippen LogP contribution in [0.3, 0.4) is 0 Å². The number of ketones is 1. The number of rotatable bonds is 8. The van der Waals surface area contributed by atoms with E-state index in [1.165, 1.54) is 17.0 Å². The van der Waals surface area contributed by atoms with E-state index < -0.39 is 0 Å². The SMILES string of the molecule is CN1CCN(c2ccc(Nc3ncc4cc(C(=O)C5CC5)c(=O)n(Cc5cccn5-c5nccs5)c4n3)cc2)CC1. The number of nitrogens with one attached hydrogen (secondary N) is 1. The Bertz CT molecular complexity index is 1760. The third-order valence-corrected chi connectivity index (χ3v) is 8.58. The number of thiazole rings is 1. The first-order valence-corrected chi connectivity index (χ1v) is 14.7. The van der Waals surface area contributed by atoms with Crippen LogP contribution in [0, 0.1) is 5.92 Å². The van der Waals surface area contributed by atoms with Crippen LogP contribution in [0.1, 0.15) is 28.9 Å². The topological polar surface area (TPSA) is 101 Å². The largest absolute Gasteiger partial charge is 0.369 e. The van der Waals surface area contributed by atoms with Crippen molar-refractivity contribution in [3.63, 3.8) is 0 Å². The summed E-state index contributed by atoms with van der Waals surface area (Å²) in [4.78, 5) is 45.3. The Morgan fingerprint density at radius 1 is 1.07 bits per heavy atom. The van der Waals surface area contributed by atoms with Crippen molar-refractivity contribution in [3.05, 3.63) is 88.0 Å². The molecule has 0 bridgehead atoms. The highest BCUT2D eigenvalue weighted by atomic mass is 32.1. The molecule has 0 unspecified atom stereocenters. The van der Waals surface area contributed by atoms with Gasteiger partial charge >= 0.3 is 0 Å². The summed E-state index contributed by atoms with van der Waals surface area (Å²) in [6.07, 6.45) is 7.02. The number of carbonyl (C=O) groups is 1. The molecule has 5 aromatic rings. The van der Waals surface area contributed by atoms with Crippen LogP contribution in [0.25, 0.3) is 16.2 Å². The van der Waals surface area contributed by atoms with E-state index in [2.05, 4.69) is 44.3 Å². The number of piperazine rings is 1. The number of benzene rings is 1. The average molecular weight is 567 g/mol. The standard InChI is InChI=1S/C30H30N8O2S/c1-35-12-14-36(15-13-35)23-8-6-22(7-9-23)33-29-32-18-21-17-25(26(39)20-4-5-20)28(40)38(27(21)34-29)19-24-3-2-11-37(24)30-31-10-16-41-30/h2-3,6-11,16-18,20H,4-5,12-15,19H2,1H3,(H,32,33,34). The summed E-state index contributed by atoms with van der Waals surface area (Å²) in [5.41, 5.74) is 3.26. The fraction of sp³-hybridized carbons (Fsp3) is 0.300. The van der Waals surface area contributed by atoms with Gasteiger partial charge in [0, 0.05) is 78.5 Å². The van der Waals surface area contributed by atoms with Gasteiger partial charge < -0.3 is 15.1 Å². The number of hydrogen-bond donors (Lipinski definition) is 1. The minimum absolute atomic E-state index is 0.0662. The Hall–Kier alpha value is -4.35. The number of fused-ring (bicyclic) bond motifs is 1. The van der Waals surface area contributed by atoms with Crippen LogP contribution in [0.4, 0.5) is 17.3 Å². The van der Waals surface area contributed by atoms with Gasteiger partial charge in [-0.05, 0) is 62.4 Å². The summed E-state index contributed by atoms with van der Waals surface area (Å²) in [5, 5.41) is 6.67. The second kappa shape index (κ2) is 10.6. The van der Waals surface area contributed by atoms with Gasteiger partial charge in [-0.3, -0.25) is 18.7 Å². The maximum atomic E-state index is 13.8. The first-order chi connectivity index (χ1) is 20.0. The summed E-state index contributed by atoms with van der Waals surface area (Å²) in [6.45, 7) is 4.35. The molecule has 2 fully saturated rings. The number of aromatic nitrogens is 5. The number of Topliss-reactive ketones (excluding diaryl/α,β-unsaturated/α-hetero) is 1. The highest BCUT2D eigenvalue weighted by Gasteiger charge is 2.33. The molecule has 1 aromatic carbocycles. The molecule has 5 heterocycles. The lowest BCUT2D eigenvalue weighted by atomic mass is 10.1. The van der Waals surface area contributed by atoms with E-state index in [-0.39, 0.29) is 29.4 Å². The Labute approximate surface area is 240 Å². The van der Waals surface area contributed by atoms with Crippen molar-refractivity contribution in [1.82, 2.24) is 29.0 Å². The average Bonchev–Trinajstić information content (AvgIpc) is 3.49. The van der Waals surface area contributed by atoms with Gasteiger partial charge in [-0.2, -0.15) is 4.98 Å². The zero-order valence-electron chi connectivity index (χ0n) is 22.7. The second-order valence-electron chi connectivity index (χ2n) is 10.7. The van der Waals surface area contributed by atoms with E-state index in [0.717, 1.165) is 55.5 Å². The first kappa shape index (κ1) is 25.6. The van der Waals surface area contributed by atoms with Crippen LogP contribution >= 0.6 is 11.3 Å². The lowest BCUT2D eigenvalue weighted by Crippen LogP contribution is -2.44. The molecule has 208 valence electrons. The van der Waals surface area contributed by atoms with Gasteiger partial charge in [-0.1, -0.05) is 0 Å². The van der Waals surface area contributed by atoms with Gasteiger partial charge in [0.25, 0.3) is 5.56 Å². The van der Waals surface area contributed by atoms with Gasteiger partial charge in [0.15, 0.2) is 10.9 Å². The van der Waals surface area contributed by atoms with Crippen LogP contribution in [0.15, 0.2) is 71.2 Å². The normalized spacial score (nSPS) is 15.9. The fourth-order valence-corrected chi connectivity index (χ4v) is 5.94. The summed E-state index contributed by atoms with van der Waals surface area (Å²) in [5.74, 6) is 0.224. The third-order valence-electron chi connectivity index (χ3n) is 7.81. The highest BCUT2D eigenvalue weighted by Crippen LogP contribution is 2.32. The Morgan fingerprint density at radius 3 is 2.61 bits per heavy atom. The van der Waals surface area contributed by atoms with E-state index >= 15 is 0 Å². The molecule has 1 saturated heterocycles. The van der Waals surface area contributed by atoms with Crippen LogP contribution in [0.2, 0.25) is 0 Å². The van der Waals surface area contributed by atoms with Gasteiger partial charge in [0.2, 0.25) is 5.95 Å². The molecule has 0 atom stereocenters. The highest BCUT2D eigenvalue weighted by molar-refractivity contribution is 7.12. The van der Waals surface area contributed by atoms with Crippen molar-refractivity contribution in [2.24, 2.45) is 5.92 Å². The molecule has 0 radical (unpaired) electrons. The van der Waals surface area contributed by atoms with E-state index in [9.17, 15) is 9.59 Å². The molecule has 1 N–H and O–H groups in total. The summed E-state index contributed by atoms with van der Waals surface area (Å²) in [6, 6.07) is 13.8. The van der Waals surface area contributed by atoms with Crippen LogP contribution in [-0.4, -0.2) is 68.0 Å². The molecule has 2 aliphatic rings. The predicted molar refractivity (Wildman–Crippen MR) is 161 cm³/mol. The van der Waals surface area contributed by atoms with Gasteiger partial charge in [0.05, 0.1) is 12.1 Å². The molecule has 11 heteroatoms. The maximum absolute atomic E-state index is 13.8. The van der Waals surface area contributed by atoms with Crippen LogP contribution < -0.4 is 15.8 Å². The van der Waals surface area contributed by atoms with E-state index in [0.29, 0.717) is 17.0 Å². The molecular formula is C30H30N8O2S. The minimum Gasteiger partial charge on any atom is -0.369 e. The van der Waals surface area contributed by atoms with E-state index in [4.69, 9.17) is 4.98 Å². The van der Waals surface area contributed by atoms with Crippen molar-refractivity contribution < 1.29 is 4.79 Å². The molecule has 10 nitrogen and oxygen atoms in total. The third kappa shape index (κ3) is 5.14. The summed E-state index contributed by atoms with van der Waals surface area (Å²) < 4.78 is 3.55. The fourth-order valence-electron chi connectivity index (χ4n) is 5.29. The number of carbonyl (C=O) groups excluding carboxylic acids is 1. The Balaban J connectivity index is 1.23. The quantitative estimate of drug-likeness (QED) is 0.279. The minimum atomic E-state index is -0.331. The number of likely N-dealkylation sites (N-methyl/N-ethyl adjacent to an activating group) is 1. The molecule has 1 saturated carbocycles. The molecule has 41 heavy (non-hydrogen) atoms. The van der Waals surface area contributed by atoms with Crippen LogP contribution in [-0.2, 0) is 6.54 Å². The number of anilines is 3. The van der Waals surface area contributed by atoms with Gasteiger partial charge in [-0.15, -0.1) is 11.3 Å². The Morgan fingerprint density at radius 2 is 1.88 bits per heavy atom. The molecule has 7 rings (SSSR count). The maximum Gasteiger partial charge on any atom is 0.263 e. The first-order valence-electron chi connectivity index (χ1n) is 13.8. The zero-order chi connectivity index (χ0) is 27.9. The molecule has 4 aromatic heterocycles. The number of pyridine rings is 1. The molecular weight excluding hydrogens is 536 g/mol. The monoisotopic (exact) mass is 566 g/mol. The number of hydrogen-bond acceptors (Lipinski definition) is 9. The lowest BCUT2D eigenvalue weighted by Gasteiger charge is -2.34. The van der Waals surface area contributed by atoms with Crippen LogP contribution in [0.5, 0.6) is 0 Å². The molecule has 1 aliphatic heterocycles. The number of nitrogens with zero attached hydrogens (tertiary/aromatic N) is 7. The predicted octanol–water partition coefficient (Wildman–Crippen LogP) is 4.18. The van der Waals surface area contributed by atoms with Crippen molar-refractivity contribution in [3.8, 4) is 5.13 Å². The molecule has 1 aliphatic carbocycles. The van der Waals surface area contributed by atoms with Gasteiger partial charge in [0.1, 0.15) is 5.65 Å². The summed E-state index contributed by atoms with van der Waals surface area (Å²) in [7, 11) is 2.15. The zero-order valence-corrected chi connectivity index (χ0v) is 23.5. The van der Waals surface area contributed by atoms with Crippen molar-refractivity contribution in [2.45, 2.75) is 19.4 Å². The molecule has 0 amide bonds. The molecule has 0 spiro atoms. The summed E-state index contributed by atoms with van der Waals surface area (Å²) >= 11 is 1.52. The van der Waals surface area contributed by atoms with E-state index in [1.54, 1.807) is 23.0 Å². The van der Waals surface area contributed by atoms with Gasteiger partial charge in [-0.25, -0.2) is 9.97 Å². The van der Waals surface area contributed by atoms with Crippen molar-refractivity contribution in [1.29, 1.82) is 0 Å². The smallest absolute Gasteiger partial charge is 0.263 e. The Kier molecular flexibility index (Phi) is 6.60. The van der Waals surface area contributed by atoms with E-state index in [1.807, 2.05) is 40.4 Å². The second-order valence-corrected chi connectivity index (χ2v) is 11.6. The lowest BCUT2D eigenvalue weighted by molar-refractivity contribution is 0.0966.